The van der Waals surface area contributed by atoms with E-state index in [4.69, 9.17) is 14.2 Å². The van der Waals surface area contributed by atoms with Crippen LogP contribution < -0.4 is 19.5 Å². The number of methoxy groups -OCH3 is 2. The summed E-state index contributed by atoms with van der Waals surface area (Å²) in [5.74, 6) is 2.44. The Kier molecular flexibility index (Phi) is 6.22. The molecule has 7 nitrogen and oxygen atoms in total. The van der Waals surface area contributed by atoms with Gasteiger partial charge in [0.2, 0.25) is 0 Å². The summed E-state index contributed by atoms with van der Waals surface area (Å²) in [4.78, 5) is 20.6. The molecule has 170 valence electrons. The van der Waals surface area contributed by atoms with E-state index in [2.05, 4.69) is 15.3 Å². The normalized spacial score (nSPS) is 10.8. The van der Waals surface area contributed by atoms with Crippen molar-refractivity contribution < 1.29 is 19.0 Å². The zero-order valence-corrected chi connectivity index (χ0v) is 19.4. The number of fused-ring (bicyclic) bond motifs is 1. The van der Waals surface area contributed by atoms with Gasteiger partial charge in [0, 0.05) is 23.4 Å². The zero-order chi connectivity index (χ0) is 23.5. The van der Waals surface area contributed by atoms with Gasteiger partial charge >= 0.3 is 0 Å². The van der Waals surface area contributed by atoms with Crippen molar-refractivity contribution in [1.82, 2.24) is 9.97 Å². The van der Waals surface area contributed by atoms with E-state index in [1.807, 2.05) is 69.3 Å². The second-order valence-electron chi connectivity index (χ2n) is 7.90. The topological polar surface area (TPSA) is 85.5 Å². The number of hydrogen-bond donors (Lipinski definition) is 2. The third-order valence-electron chi connectivity index (χ3n) is 5.53. The first-order valence-electron chi connectivity index (χ1n) is 10.6. The number of imidazole rings is 1. The maximum absolute atomic E-state index is 12.6. The number of rotatable bonds is 7. The largest absolute Gasteiger partial charge is 0.493 e. The summed E-state index contributed by atoms with van der Waals surface area (Å²) in [7, 11) is 3.19. The van der Waals surface area contributed by atoms with Crippen LogP contribution in [-0.4, -0.2) is 36.7 Å². The molecule has 0 atom stereocenters. The first-order chi connectivity index (χ1) is 15.9. The molecule has 0 saturated carbocycles. The van der Waals surface area contributed by atoms with Crippen molar-refractivity contribution in [2.45, 2.75) is 20.8 Å². The standard InChI is InChI=1S/C26H27N3O4/c1-15-9-10-18(26-28-20-12-22(31-4)23(32-5)13-21(20)29-26)11-19(15)27-24(30)14-33-25-16(2)7-6-8-17(25)3/h6-13H,14H2,1-5H3,(H,27,30)(H,28,29). The smallest absolute Gasteiger partial charge is 0.262 e. The lowest BCUT2D eigenvalue weighted by molar-refractivity contribution is -0.118. The Balaban J connectivity index is 1.55. The molecule has 0 spiro atoms. The van der Waals surface area contributed by atoms with Crippen molar-refractivity contribution in [3.63, 3.8) is 0 Å². The highest BCUT2D eigenvalue weighted by Gasteiger charge is 2.14. The van der Waals surface area contributed by atoms with E-state index in [0.717, 1.165) is 39.0 Å². The predicted octanol–water partition coefficient (Wildman–Crippen LogP) is 5.19. The highest BCUT2D eigenvalue weighted by Crippen LogP contribution is 2.33. The lowest BCUT2D eigenvalue weighted by Crippen LogP contribution is -2.21. The van der Waals surface area contributed by atoms with Crippen LogP contribution in [-0.2, 0) is 4.79 Å². The molecular weight excluding hydrogens is 418 g/mol. The average molecular weight is 446 g/mol. The van der Waals surface area contributed by atoms with Crippen LogP contribution in [0, 0.1) is 20.8 Å². The van der Waals surface area contributed by atoms with Crippen LogP contribution in [0.3, 0.4) is 0 Å². The molecule has 0 aliphatic carbocycles. The summed E-state index contributed by atoms with van der Waals surface area (Å²) in [6, 6.07) is 15.4. The number of carbonyl (C=O) groups is 1. The van der Waals surface area contributed by atoms with Crippen molar-refractivity contribution in [1.29, 1.82) is 0 Å². The summed E-state index contributed by atoms with van der Waals surface area (Å²) in [5.41, 5.74) is 6.09. The molecule has 0 bridgehead atoms. The minimum atomic E-state index is -0.225. The Bertz CT molecular complexity index is 1270. The number of carbonyl (C=O) groups excluding carboxylic acids is 1. The first-order valence-corrected chi connectivity index (χ1v) is 10.6. The van der Waals surface area contributed by atoms with Gasteiger partial charge < -0.3 is 24.5 Å². The summed E-state index contributed by atoms with van der Waals surface area (Å²) < 4.78 is 16.5. The van der Waals surface area contributed by atoms with Crippen LogP contribution in [0.4, 0.5) is 5.69 Å². The van der Waals surface area contributed by atoms with Crippen LogP contribution in [0.1, 0.15) is 16.7 Å². The zero-order valence-electron chi connectivity index (χ0n) is 19.4. The van der Waals surface area contributed by atoms with Crippen molar-refractivity contribution >= 4 is 22.6 Å². The summed E-state index contributed by atoms with van der Waals surface area (Å²) >= 11 is 0. The maximum atomic E-state index is 12.6. The molecule has 0 fully saturated rings. The Hall–Kier alpha value is -4.00. The van der Waals surface area contributed by atoms with E-state index < -0.39 is 0 Å². The van der Waals surface area contributed by atoms with Gasteiger partial charge in [0.25, 0.3) is 5.91 Å². The fourth-order valence-electron chi connectivity index (χ4n) is 3.73. The van der Waals surface area contributed by atoms with E-state index in [1.54, 1.807) is 14.2 Å². The molecule has 33 heavy (non-hydrogen) atoms. The summed E-state index contributed by atoms with van der Waals surface area (Å²) in [5, 5.41) is 2.95. The highest BCUT2D eigenvalue weighted by atomic mass is 16.5. The molecule has 2 N–H and O–H groups in total. The lowest BCUT2D eigenvalue weighted by atomic mass is 10.1. The van der Waals surface area contributed by atoms with E-state index in [9.17, 15) is 4.79 Å². The molecule has 0 unspecified atom stereocenters. The molecule has 7 heteroatoms. The minimum absolute atomic E-state index is 0.0699. The van der Waals surface area contributed by atoms with E-state index in [-0.39, 0.29) is 12.5 Å². The van der Waals surface area contributed by atoms with E-state index in [1.165, 1.54) is 0 Å². The third kappa shape index (κ3) is 4.62. The Morgan fingerprint density at radius 2 is 1.64 bits per heavy atom. The Morgan fingerprint density at radius 3 is 2.33 bits per heavy atom. The second kappa shape index (κ2) is 9.24. The number of aromatic amines is 1. The number of amides is 1. The van der Waals surface area contributed by atoms with E-state index in [0.29, 0.717) is 23.0 Å². The number of nitrogens with one attached hydrogen (secondary N) is 2. The molecular formula is C26H27N3O4. The van der Waals surface area contributed by atoms with Gasteiger partial charge in [-0.2, -0.15) is 0 Å². The second-order valence-corrected chi connectivity index (χ2v) is 7.90. The quantitative estimate of drug-likeness (QED) is 0.409. The van der Waals surface area contributed by atoms with Gasteiger partial charge in [-0.3, -0.25) is 4.79 Å². The van der Waals surface area contributed by atoms with Gasteiger partial charge in [0.15, 0.2) is 18.1 Å². The summed E-state index contributed by atoms with van der Waals surface area (Å²) in [6.45, 7) is 5.80. The van der Waals surface area contributed by atoms with Gasteiger partial charge in [0.05, 0.1) is 25.3 Å². The van der Waals surface area contributed by atoms with Gasteiger partial charge in [0.1, 0.15) is 11.6 Å². The van der Waals surface area contributed by atoms with Gasteiger partial charge in [-0.15, -0.1) is 0 Å². The summed E-state index contributed by atoms with van der Waals surface area (Å²) in [6.07, 6.45) is 0. The van der Waals surface area contributed by atoms with Crippen LogP contribution in [0.2, 0.25) is 0 Å². The maximum Gasteiger partial charge on any atom is 0.262 e. The molecule has 0 saturated heterocycles. The number of aryl methyl sites for hydroxylation is 3. The van der Waals surface area contributed by atoms with Gasteiger partial charge in [-0.05, 0) is 43.5 Å². The van der Waals surface area contributed by atoms with E-state index >= 15 is 0 Å². The van der Waals surface area contributed by atoms with Crippen molar-refractivity contribution in [2.75, 3.05) is 26.1 Å². The molecule has 4 aromatic rings. The van der Waals surface area contributed by atoms with Crippen LogP contribution in [0.15, 0.2) is 48.5 Å². The Labute approximate surface area is 192 Å². The highest BCUT2D eigenvalue weighted by molar-refractivity contribution is 5.93. The van der Waals surface area contributed by atoms with Crippen LogP contribution in [0.5, 0.6) is 17.2 Å². The number of hydrogen-bond acceptors (Lipinski definition) is 5. The average Bonchev–Trinajstić information content (AvgIpc) is 3.22. The molecule has 1 amide bonds. The number of ether oxygens (including phenoxy) is 3. The lowest BCUT2D eigenvalue weighted by Gasteiger charge is -2.13. The number of H-pyrrole nitrogens is 1. The van der Waals surface area contributed by atoms with Gasteiger partial charge in [-0.25, -0.2) is 4.98 Å². The Morgan fingerprint density at radius 1 is 0.939 bits per heavy atom. The van der Waals surface area contributed by atoms with Crippen LogP contribution in [0.25, 0.3) is 22.4 Å². The van der Waals surface area contributed by atoms with Crippen molar-refractivity contribution in [3.05, 3.63) is 65.2 Å². The number of para-hydroxylation sites is 1. The van der Waals surface area contributed by atoms with Crippen LogP contribution >= 0.6 is 0 Å². The number of anilines is 1. The molecule has 4 rings (SSSR count). The molecule has 0 aliphatic rings. The predicted molar refractivity (Wildman–Crippen MR) is 129 cm³/mol. The molecule has 3 aromatic carbocycles. The fraction of sp³-hybridized carbons (Fsp3) is 0.231. The van der Waals surface area contributed by atoms with Crippen molar-refractivity contribution in [2.24, 2.45) is 0 Å². The fourth-order valence-corrected chi connectivity index (χ4v) is 3.73. The molecule has 0 aliphatic heterocycles. The third-order valence-corrected chi connectivity index (χ3v) is 5.53. The molecule has 1 heterocycles. The van der Waals surface area contributed by atoms with Crippen molar-refractivity contribution in [3.8, 4) is 28.6 Å². The molecule has 1 aromatic heterocycles. The monoisotopic (exact) mass is 445 g/mol. The first kappa shape index (κ1) is 22.2. The minimum Gasteiger partial charge on any atom is -0.493 e. The number of nitrogens with zero attached hydrogens (tertiary/aromatic N) is 1. The van der Waals surface area contributed by atoms with Gasteiger partial charge in [-0.1, -0.05) is 30.3 Å². The number of aromatic nitrogens is 2. The molecule has 0 radical (unpaired) electrons. The SMILES string of the molecule is COc1cc2nc(-c3ccc(C)c(NC(=O)COc4c(C)cccc4C)c3)[nH]c2cc1OC. The number of benzene rings is 3.